The molecule has 1 aliphatic heterocycles. The number of unbranched alkanes of at least 4 members (excludes halogenated alkanes) is 1. The summed E-state index contributed by atoms with van der Waals surface area (Å²) in [5, 5.41) is 12.0. The minimum absolute atomic E-state index is 0.0374. The number of hydrogen-bond donors (Lipinski definition) is 1. The second-order valence-corrected chi connectivity index (χ2v) is 11.2. The molecule has 0 aromatic heterocycles. The highest BCUT2D eigenvalue weighted by atomic mass is 79.9. The van der Waals surface area contributed by atoms with Crippen LogP contribution in [0.15, 0.2) is 89.9 Å². The van der Waals surface area contributed by atoms with Crippen LogP contribution in [0.5, 0.6) is 11.5 Å². The molecular weight excluding hydrogens is 568 g/mol. The zero-order chi connectivity index (χ0) is 28.5. The fourth-order valence-electron chi connectivity index (χ4n) is 5.49. The maximum atomic E-state index is 14.2. The van der Waals surface area contributed by atoms with Crippen LogP contribution in [0.25, 0.3) is 0 Å². The number of likely N-dealkylation sites (tertiary alicyclic amines) is 1. The molecule has 212 valence electrons. The van der Waals surface area contributed by atoms with E-state index in [-0.39, 0.29) is 5.91 Å². The number of allylic oxidation sites excluding steroid dienone is 1. The molecule has 0 aliphatic carbocycles. The number of aliphatic hydroxyl groups is 1. The van der Waals surface area contributed by atoms with Crippen LogP contribution < -0.4 is 9.47 Å². The van der Waals surface area contributed by atoms with Crippen molar-refractivity contribution in [2.45, 2.75) is 57.0 Å². The predicted octanol–water partition coefficient (Wildman–Crippen LogP) is 6.36. The number of amides is 1. The molecule has 2 atom stereocenters. The van der Waals surface area contributed by atoms with Crippen LogP contribution >= 0.6 is 15.9 Å². The fraction of sp³-hybridized carbons (Fsp3) is 0.364. The molecule has 1 fully saturated rings. The van der Waals surface area contributed by atoms with Crippen LogP contribution in [0, 0.1) is 0 Å². The standard InChI is InChI=1S/C33H39BrN2O4/c1-4-5-12-18-33(38)22-29(35(23-25-13-8-6-9-14-25)24-26-15-10-7-11-16-26)32(37)36(33)19-17-27-20-30(39-2)31(40-3)21-28(27)34/h4,6-11,13-16,20-21,29,38H,1,5,12,17-19,22-24H2,2-3H3/t29-,33?/m0/s1. The molecule has 3 aromatic rings. The van der Waals surface area contributed by atoms with E-state index in [1.807, 2.05) is 54.6 Å². The molecule has 1 N–H and O–H groups in total. The van der Waals surface area contributed by atoms with Crippen molar-refractivity contribution in [1.29, 1.82) is 0 Å². The van der Waals surface area contributed by atoms with Crippen molar-refractivity contribution in [3.63, 3.8) is 0 Å². The van der Waals surface area contributed by atoms with Gasteiger partial charge in [0.25, 0.3) is 0 Å². The third-order valence-electron chi connectivity index (χ3n) is 7.61. The van der Waals surface area contributed by atoms with Crippen molar-refractivity contribution < 1.29 is 19.4 Å². The molecular formula is C33H39BrN2O4. The average molecular weight is 608 g/mol. The summed E-state index contributed by atoms with van der Waals surface area (Å²) in [4.78, 5) is 18.1. The van der Waals surface area contributed by atoms with Gasteiger partial charge in [0.2, 0.25) is 5.91 Å². The molecule has 0 radical (unpaired) electrons. The Morgan fingerprint density at radius 1 is 1.02 bits per heavy atom. The summed E-state index contributed by atoms with van der Waals surface area (Å²) in [7, 11) is 3.21. The molecule has 40 heavy (non-hydrogen) atoms. The van der Waals surface area contributed by atoms with Crippen LogP contribution in [0.4, 0.5) is 0 Å². The minimum Gasteiger partial charge on any atom is -0.493 e. The first-order valence-electron chi connectivity index (χ1n) is 13.8. The van der Waals surface area contributed by atoms with Crippen LogP contribution in [0.3, 0.4) is 0 Å². The smallest absolute Gasteiger partial charge is 0.242 e. The van der Waals surface area contributed by atoms with Crippen LogP contribution in [0.1, 0.15) is 42.4 Å². The van der Waals surface area contributed by atoms with Gasteiger partial charge >= 0.3 is 0 Å². The predicted molar refractivity (Wildman–Crippen MR) is 162 cm³/mol. The molecule has 4 rings (SSSR count). The van der Waals surface area contributed by atoms with Crippen molar-refractivity contribution in [2.24, 2.45) is 0 Å². The Balaban J connectivity index is 1.62. The average Bonchev–Trinajstić information content (AvgIpc) is 3.22. The van der Waals surface area contributed by atoms with E-state index in [0.29, 0.717) is 50.4 Å². The molecule has 1 unspecified atom stereocenters. The second-order valence-electron chi connectivity index (χ2n) is 10.3. The highest BCUT2D eigenvalue weighted by Gasteiger charge is 2.51. The van der Waals surface area contributed by atoms with Gasteiger partial charge in [-0.25, -0.2) is 0 Å². The van der Waals surface area contributed by atoms with Gasteiger partial charge in [0.05, 0.1) is 20.3 Å². The third-order valence-corrected chi connectivity index (χ3v) is 8.35. The summed E-state index contributed by atoms with van der Waals surface area (Å²) in [6.45, 7) is 5.45. The van der Waals surface area contributed by atoms with Crippen LogP contribution in [-0.2, 0) is 24.3 Å². The number of ether oxygens (including phenoxy) is 2. The van der Waals surface area contributed by atoms with Gasteiger partial charge in [-0.15, -0.1) is 6.58 Å². The zero-order valence-corrected chi connectivity index (χ0v) is 25.0. The number of halogens is 1. The van der Waals surface area contributed by atoms with Gasteiger partial charge in [0, 0.05) is 30.5 Å². The van der Waals surface area contributed by atoms with E-state index in [9.17, 15) is 9.90 Å². The lowest BCUT2D eigenvalue weighted by Gasteiger charge is -2.33. The van der Waals surface area contributed by atoms with E-state index in [4.69, 9.17) is 9.47 Å². The number of hydrogen-bond acceptors (Lipinski definition) is 5. The summed E-state index contributed by atoms with van der Waals surface area (Å²) < 4.78 is 11.8. The maximum absolute atomic E-state index is 14.2. The Labute approximate surface area is 246 Å². The Bertz CT molecular complexity index is 1230. The summed E-state index contributed by atoms with van der Waals surface area (Å²) >= 11 is 3.64. The summed E-state index contributed by atoms with van der Waals surface area (Å²) in [6.07, 6.45) is 4.82. The molecule has 1 aliphatic rings. The van der Waals surface area contributed by atoms with Crippen molar-refractivity contribution in [3.05, 3.63) is 107 Å². The lowest BCUT2D eigenvalue weighted by atomic mass is 9.99. The normalized spacial score (nSPS) is 18.8. The number of nitrogens with zero attached hydrogens (tertiary/aromatic N) is 2. The van der Waals surface area contributed by atoms with Crippen molar-refractivity contribution in [2.75, 3.05) is 20.8 Å². The van der Waals surface area contributed by atoms with Gasteiger partial charge in [-0.2, -0.15) is 0 Å². The SMILES string of the molecule is C=CCCCC1(O)C[C@H](N(Cc2ccccc2)Cc2ccccc2)C(=O)N1CCc1cc(OC)c(OC)cc1Br. The van der Waals surface area contributed by atoms with Gasteiger partial charge in [-0.05, 0) is 54.5 Å². The Morgan fingerprint density at radius 2 is 1.60 bits per heavy atom. The summed E-state index contributed by atoms with van der Waals surface area (Å²) in [5.41, 5.74) is 2.01. The van der Waals surface area contributed by atoms with Crippen LogP contribution in [-0.4, -0.2) is 53.3 Å². The number of carbonyl (C=O) groups excluding carboxylic acids is 1. The highest BCUT2D eigenvalue weighted by molar-refractivity contribution is 9.10. The molecule has 7 heteroatoms. The van der Waals surface area contributed by atoms with Gasteiger partial charge in [-0.3, -0.25) is 9.69 Å². The first-order chi connectivity index (χ1) is 19.4. The molecule has 0 spiro atoms. The Kier molecular flexibility index (Phi) is 10.4. The van der Waals surface area contributed by atoms with E-state index in [1.165, 1.54) is 0 Å². The quantitative estimate of drug-likeness (QED) is 0.171. The molecule has 3 aromatic carbocycles. The largest absolute Gasteiger partial charge is 0.493 e. The molecule has 6 nitrogen and oxygen atoms in total. The van der Waals surface area contributed by atoms with E-state index in [2.05, 4.69) is 51.7 Å². The number of benzene rings is 3. The monoisotopic (exact) mass is 606 g/mol. The van der Waals surface area contributed by atoms with Gasteiger partial charge in [-0.1, -0.05) is 82.7 Å². The number of methoxy groups -OCH3 is 2. The first-order valence-corrected chi connectivity index (χ1v) is 14.5. The van der Waals surface area contributed by atoms with E-state index in [1.54, 1.807) is 19.1 Å². The molecule has 1 heterocycles. The van der Waals surface area contributed by atoms with Crippen LogP contribution in [0.2, 0.25) is 0 Å². The molecule has 0 bridgehead atoms. The lowest BCUT2D eigenvalue weighted by molar-refractivity contribution is -0.147. The van der Waals surface area contributed by atoms with Crippen molar-refractivity contribution >= 4 is 21.8 Å². The number of carbonyl (C=O) groups is 1. The van der Waals surface area contributed by atoms with Crippen molar-refractivity contribution in [1.82, 2.24) is 9.80 Å². The Morgan fingerprint density at radius 3 is 2.15 bits per heavy atom. The lowest BCUT2D eigenvalue weighted by Crippen LogP contribution is -2.47. The summed E-state index contributed by atoms with van der Waals surface area (Å²) in [6, 6.07) is 23.8. The van der Waals surface area contributed by atoms with E-state index in [0.717, 1.165) is 34.0 Å². The number of rotatable bonds is 14. The Hall–Kier alpha value is -3.13. The van der Waals surface area contributed by atoms with Gasteiger partial charge in [0.15, 0.2) is 11.5 Å². The molecule has 0 saturated carbocycles. The second kappa shape index (κ2) is 14.0. The zero-order valence-electron chi connectivity index (χ0n) is 23.4. The minimum atomic E-state index is -1.24. The van der Waals surface area contributed by atoms with E-state index >= 15 is 0 Å². The third kappa shape index (κ3) is 7.14. The maximum Gasteiger partial charge on any atom is 0.242 e. The molecule has 1 saturated heterocycles. The fourth-order valence-corrected chi connectivity index (χ4v) is 6.02. The van der Waals surface area contributed by atoms with Crippen molar-refractivity contribution in [3.8, 4) is 11.5 Å². The van der Waals surface area contributed by atoms with E-state index < -0.39 is 11.8 Å². The molecule has 1 amide bonds. The van der Waals surface area contributed by atoms with Gasteiger partial charge < -0.3 is 19.5 Å². The summed E-state index contributed by atoms with van der Waals surface area (Å²) in [5.74, 6) is 1.22. The van der Waals surface area contributed by atoms with Gasteiger partial charge in [0.1, 0.15) is 5.72 Å². The topological polar surface area (TPSA) is 62.2 Å². The first kappa shape index (κ1) is 29.8. The highest BCUT2D eigenvalue weighted by Crippen LogP contribution is 2.38.